The number of halogens is 1. The molecule has 2 rings (SSSR count). The predicted molar refractivity (Wildman–Crippen MR) is 89.2 cm³/mol. The van der Waals surface area contributed by atoms with Crippen molar-refractivity contribution in [1.29, 1.82) is 0 Å². The summed E-state index contributed by atoms with van der Waals surface area (Å²) in [5, 5.41) is 5.65. The lowest BCUT2D eigenvalue weighted by atomic mass is 9.94. The van der Waals surface area contributed by atoms with Gasteiger partial charge in [-0.15, -0.1) is 0 Å². The van der Waals surface area contributed by atoms with Crippen molar-refractivity contribution in [2.45, 2.75) is 26.3 Å². The number of hydrogen-bond donors (Lipinski definition) is 2. The average molecular weight is 316 g/mol. The van der Waals surface area contributed by atoms with Gasteiger partial charge in [0.05, 0.1) is 12.1 Å². The van der Waals surface area contributed by atoms with Gasteiger partial charge in [-0.2, -0.15) is 0 Å². The minimum Gasteiger partial charge on any atom is -0.494 e. The molecule has 122 valence electrons. The molecule has 0 fully saturated rings. The van der Waals surface area contributed by atoms with Crippen LogP contribution < -0.4 is 15.4 Å². The molecule has 0 aromatic heterocycles. The van der Waals surface area contributed by atoms with E-state index in [1.165, 1.54) is 12.1 Å². The molecule has 2 amide bonds. The highest BCUT2D eigenvalue weighted by atomic mass is 19.1. The average Bonchev–Trinajstić information content (AvgIpc) is 2.49. The SMILES string of the molecule is CCOc1ccc(NC(=O)NC(C)(C)c2ccc(F)cc2)cc1. The quantitative estimate of drug-likeness (QED) is 0.865. The van der Waals surface area contributed by atoms with Crippen molar-refractivity contribution in [3.05, 3.63) is 59.9 Å². The lowest BCUT2D eigenvalue weighted by molar-refractivity contribution is 0.242. The van der Waals surface area contributed by atoms with E-state index in [-0.39, 0.29) is 11.8 Å². The first kappa shape index (κ1) is 16.8. The molecule has 5 heteroatoms. The monoisotopic (exact) mass is 316 g/mol. The largest absolute Gasteiger partial charge is 0.494 e. The van der Waals surface area contributed by atoms with Gasteiger partial charge in [-0.05, 0) is 62.7 Å². The Hall–Kier alpha value is -2.56. The number of carbonyl (C=O) groups is 1. The van der Waals surface area contributed by atoms with Crippen molar-refractivity contribution in [3.63, 3.8) is 0 Å². The van der Waals surface area contributed by atoms with Crippen LogP contribution in [0.3, 0.4) is 0 Å². The van der Waals surface area contributed by atoms with Crippen LogP contribution in [-0.4, -0.2) is 12.6 Å². The van der Waals surface area contributed by atoms with Gasteiger partial charge >= 0.3 is 6.03 Å². The fourth-order valence-corrected chi connectivity index (χ4v) is 2.19. The highest BCUT2D eigenvalue weighted by molar-refractivity contribution is 5.89. The number of rotatable bonds is 5. The van der Waals surface area contributed by atoms with E-state index in [1.807, 2.05) is 20.8 Å². The van der Waals surface area contributed by atoms with Gasteiger partial charge in [-0.3, -0.25) is 0 Å². The Morgan fingerprint density at radius 2 is 1.70 bits per heavy atom. The lowest BCUT2D eigenvalue weighted by Crippen LogP contribution is -2.43. The molecule has 0 unspecified atom stereocenters. The Kier molecular flexibility index (Phi) is 5.21. The number of anilines is 1. The minimum atomic E-state index is -0.622. The summed E-state index contributed by atoms with van der Waals surface area (Å²) in [4.78, 5) is 12.2. The van der Waals surface area contributed by atoms with E-state index in [1.54, 1.807) is 36.4 Å². The van der Waals surface area contributed by atoms with Gasteiger partial charge in [0, 0.05) is 5.69 Å². The Morgan fingerprint density at radius 1 is 1.09 bits per heavy atom. The summed E-state index contributed by atoms with van der Waals surface area (Å²) < 4.78 is 18.4. The fourth-order valence-electron chi connectivity index (χ4n) is 2.19. The Bertz CT molecular complexity index is 652. The highest BCUT2D eigenvalue weighted by Gasteiger charge is 2.22. The standard InChI is InChI=1S/C18H21FN2O2/c1-4-23-16-11-9-15(10-12-16)20-17(22)21-18(2,3)13-5-7-14(19)8-6-13/h5-12H,4H2,1-3H3,(H2,20,21,22). The third kappa shape index (κ3) is 4.71. The molecule has 0 bridgehead atoms. The van der Waals surface area contributed by atoms with Gasteiger partial charge < -0.3 is 15.4 Å². The third-order valence-corrected chi connectivity index (χ3v) is 3.42. The summed E-state index contributed by atoms with van der Waals surface area (Å²) in [6.45, 7) is 6.23. The van der Waals surface area contributed by atoms with E-state index < -0.39 is 5.54 Å². The summed E-state index contributed by atoms with van der Waals surface area (Å²) in [5.74, 6) is 0.452. The molecule has 23 heavy (non-hydrogen) atoms. The second kappa shape index (κ2) is 7.13. The minimum absolute atomic E-state index is 0.302. The highest BCUT2D eigenvalue weighted by Crippen LogP contribution is 2.21. The van der Waals surface area contributed by atoms with Crippen LogP contribution in [0.5, 0.6) is 5.75 Å². The van der Waals surface area contributed by atoms with E-state index in [9.17, 15) is 9.18 Å². The van der Waals surface area contributed by atoms with Crippen LogP contribution in [-0.2, 0) is 5.54 Å². The maximum Gasteiger partial charge on any atom is 0.319 e. The Labute approximate surface area is 135 Å². The van der Waals surface area contributed by atoms with E-state index in [2.05, 4.69) is 10.6 Å². The molecular formula is C18H21FN2O2. The van der Waals surface area contributed by atoms with E-state index >= 15 is 0 Å². The van der Waals surface area contributed by atoms with Crippen molar-refractivity contribution in [2.24, 2.45) is 0 Å². The molecule has 0 heterocycles. The molecule has 2 N–H and O–H groups in total. The maximum atomic E-state index is 13.0. The van der Waals surface area contributed by atoms with Gasteiger partial charge in [0.25, 0.3) is 0 Å². The second-order valence-electron chi connectivity index (χ2n) is 5.67. The molecule has 0 aliphatic rings. The summed E-state index contributed by atoms with van der Waals surface area (Å²) in [7, 11) is 0. The molecule has 0 atom stereocenters. The van der Waals surface area contributed by atoms with Crippen molar-refractivity contribution in [2.75, 3.05) is 11.9 Å². The molecule has 0 radical (unpaired) electrons. The first-order valence-electron chi connectivity index (χ1n) is 7.49. The molecule has 0 aliphatic heterocycles. The number of nitrogens with one attached hydrogen (secondary N) is 2. The van der Waals surface area contributed by atoms with Crippen molar-refractivity contribution < 1.29 is 13.9 Å². The topological polar surface area (TPSA) is 50.4 Å². The number of benzene rings is 2. The Morgan fingerprint density at radius 3 is 2.26 bits per heavy atom. The summed E-state index contributed by atoms with van der Waals surface area (Å²) in [6, 6.07) is 12.9. The van der Waals surface area contributed by atoms with Crippen molar-refractivity contribution >= 4 is 11.7 Å². The number of hydrogen-bond acceptors (Lipinski definition) is 2. The summed E-state index contributed by atoms with van der Waals surface area (Å²) in [5.41, 5.74) is 0.866. The lowest BCUT2D eigenvalue weighted by Gasteiger charge is -2.27. The first-order chi connectivity index (χ1) is 10.9. The number of carbonyl (C=O) groups excluding carboxylic acids is 1. The fraction of sp³-hybridized carbons (Fsp3) is 0.278. The zero-order chi connectivity index (χ0) is 16.9. The van der Waals surface area contributed by atoms with Gasteiger partial charge in [-0.1, -0.05) is 12.1 Å². The zero-order valence-corrected chi connectivity index (χ0v) is 13.5. The van der Waals surface area contributed by atoms with Crippen LogP contribution in [0.4, 0.5) is 14.9 Å². The molecule has 0 saturated heterocycles. The number of amides is 2. The number of ether oxygens (including phenoxy) is 1. The Balaban J connectivity index is 1.99. The molecular weight excluding hydrogens is 295 g/mol. The molecule has 0 spiro atoms. The van der Waals surface area contributed by atoms with Crippen molar-refractivity contribution in [3.8, 4) is 5.75 Å². The van der Waals surface area contributed by atoms with Crippen LogP contribution >= 0.6 is 0 Å². The normalized spacial score (nSPS) is 11.0. The zero-order valence-electron chi connectivity index (χ0n) is 13.5. The maximum absolute atomic E-state index is 13.0. The third-order valence-electron chi connectivity index (χ3n) is 3.42. The molecule has 0 saturated carbocycles. The van der Waals surface area contributed by atoms with Crippen LogP contribution in [0.2, 0.25) is 0 Å². The van der Waals surface area contributed by atoms with Crippen LogP contribution in [0.1, 0.15) is 26.3 Å². The van der Waals surface area contributed by atoms with E-state index in [0.717, 1.165) is 11.3 Å². The van der Waals surface area contributed by atoms with Crippen LogP contribution in [0.25, 0.3) is 0 Å². The molecule has 2 aromatic rings. The van der Waals surface area contributed by atoms with Gasteiger partial charge in [0.2, 0.25) is 0 Å². The summed E-state index contributed by atoms with van der Waals surface area (Å²) in [6.07, 6.45) is 0. The molecule has 4 nitrogen and oxygen atoms in total. The van der Waals surface area contributed by atoms with E-state index in [0.29, 0.717) is 12.3 Å². The van der Waals surface area contributed by atoms with Gasteiger partial charge in [0.1, 0.15) is 11.6 Å². The van der Waals surface area contributed by atoms with E-state index in [4.69, 9.17) is 4.74 Å². The predicted octanol–water partition coefficient (Wildman–Crippen LogP) is 4.28. The van der Waals surface area contributed by atoms with Crippen molar-refractivity contribution in [1.82, 2.24) is 5.32 Å². The smallest absolute Gasteiger partial charge is 0.319 e. The summed E-state index contributed by atoms with van der Waals surface area (Å²) >= 11 is 0. The van der Waals surface area contributed by atoms with Crippen LogP contribution in [0.15, 0.2) is 48.5 Å². The molecule has 0 aliphatic carbocycles. The number of urea groups is 1. The first-order valence-corrected chi connectivity index (χ1v) is 7.49. The second-order valence-corrected chi connectivity index (χ2v) is 5.67. The van der Waals surface area contributed by atoms with Gasteiger partial charge in [-0.25, -0.2) is 9.18 Å². The molecule has 2 aromatic carbocycles. The van der Waals surface area contributed by atoms with Crippen LogP contribution in [0, 0.1) is 5.82 Å². The van der Waals surface area contributed by atoms with Gasteiger partial charge in [0.15, 0.2) is 0 Å².